The molecule has 0 aliphatic rings. The minimum absolute atomic E-state index is 0.218. The molecule has 26 heavy (non-hydrogen) atoms. The second-order valence-corrected chi connectivity index (χ2v) is 12.5. The molecular weight excluding hydrogens is 755 g/mol. The number of alkyl halides is 6. The van der Waals surface area contributed by atoms with Crippen molar-refractivity contribution in [3.05, 3.63) is 0 Å². The van der Waals surface area contributed by atoms with Crippen LogP contribution in [0.4, 0.5) is 0 Å². The summed E-state index contributed by atoms with van der Waals surface area (Å²) in [7, 11) is -3.71. The summed E-state index contributed by atoms with van der Waals surface area (Å²) in [6, 6.07) is 0. The van der Waals surface area contributed by atoms with Gasteiger partial charge in [0.2, 0.25) is 0 Å². The summed E-state index contributed by atoms with van der Waals surface area (Å²) in [6.07, 6.45) is 0. The molecule has 0 fully saturated rings. The Bertz CT molecular complexity index is 380. The highest BCUT2D eigenvalue weighted by molar-refractivity contribution is 9.10. The van der Waals surface area contributed by atoms with Crippen LogP contribution in [0.5, 0.6) is 0 Å². The highest BCUT2D eigenvalue weighted by atomic mass is 79.9. The van der Waals surface area contributed by atoms with E-state index in [4.69, 9.17) is 13.6 Å². The molecule has 0 atom stereocenters. The molecule has 11 heteroatoms. The summed E-state index contributed by atoms with van der Waals surface area (Å²) in [5.74, 6) is 0. The smallest absolute Gasteiger partial charge is 0.286 e. The molecule has 0 unspecified atom stereocenters. The lowest BCUT2D eigenvalue weighted by atomic mass is 9.99. The van der Waals surface area contributed by atoms with E-state index in [-0.39, 0.29) is 36.1 Å². The van der Waals surface area contributed by atoms with E-state index in [9.17, 15) is 4.57 Å². The molecular formula is C15H27Br6O4P. The molecule has 0 N–H and O–H groups in total. The van der Waals surface area contributed by atoms with Crippen LogP contribution in [0.25, 0.3) is 0 Å². The third-order valence-electron chi connectivity index (χ3n) is 3.65. The Balaban J connectivity index is 5.21. The van der Waals surface area contributed by atoms with Crippen molar-refractivity contribution in [1.29, 1.82) is 0 Å². The fourth-order valence-corrected chi connectivity index (χ4v) is 6.54. The van der Waals surface area contributed by atoms with E-state index in [1.165, 1.54) is 0 Å². The average Bonchev–Trinajstić information content (AvgIpc) is 2.68. The van der Waals surface area contributed by atoms with Crippen molar-refractivity contribution in [1.82, 2.24) is 0 Å². The zero-order valence-electron chi connectivity index (χ0n) is 15.2. The van der Waals surface area contributed by atoms with Crippen LogP contribution in [0.1, 0.15) is 20.8 Å². The summed E-state index contributed by atoms with van der Waals surface area (Å²) in [4.78, 5) is 0. The van der Waals surface area contributed by atoms with Crippen LogP contribution in [0.15, 0.2) is 0 Å². The number of hydrogen-bond donors (Lipinski definition) is 0. The summed E-state index contributed by atoms with van der Waals surface area (Å²) >= 11 is 20.9. The van der Waals surface area contributed by atoms with Gasteiger partial charge in [-0.15, -0.1) is 0 Å². The third kappa shape index (κ3) is 10.3. The van der Waals surface area contributed by atoms with Gasteiger partial charge in [-0.3, -0.25) is 13.6 Å². The summed E-state index contributed by atoms with van der Waals surface area (Å²) in [5, 5.41) is 4.20. The summed E-state index contributed by atoms with van der Waals surface area (Å²) in [6.45, 7) is 6.84. The van der Waals surface area contributed by atoms with Crippen molar-refractivity contribution in [2.75, 3.05) is 51.8 Å². The van der Waals surface area contributed by atoms with Crippen LogP contribution in [0, 0.1) is 16.2 Å². The van der Waals surface area contributed by atoms with Gasteiger partial charge in [0.05, 0.1) is 19.8 Å². The van der Waals surface area contributed by atoms with Gasteiger partial charge in [-0.05, 0) is 0 Å². The lowest BCUT2D eigenvalue weighted by Gasteiger charge is -2.32. The largest absolute Gasteiger partial charge is 0.474 e. The summed E-state index contributed by atoms with van der Waals surface area (Å²) < 4.78 is 30.5. The van der Waals surface area contributed by atoms with Gasteiger partial charge in [0.1, 0.15) is 0 Å². The van der Waals surface area contributed by atoms with E-state index in [2.05, 4.69) is 95.6 Å². The maximum Gasteiger partial charge on any atom is 0.474 e. The van der Waals surface area contributed by atoms with E-state index in [0.29, 0.717) is 32.0 Å². The van der Waals surface area contributed by atoms with Crippen LogP contribution in [-0.2, 0) is 18.1 Å². The minimum atomic E-state index is -3.71. The zero-order valence-corrected chi connectivity index (χ0v) is 25.6. The van der Waals surface area contributed by atoms with Gasteiger partial charge in [-0.25, -0.2) is 4.57 Å². The van der Waals surface area contributed by atoms with Crippen molar-refractivity contribution in [3.8, 4) is 0 Å². The molecule has 0 rings (SSSR count). The van der Waals surface area contributed by atoms with Crippen molar-refractivity contribution < 1.29 is 18.1 Å². The molecule has 0 aromatic carbocycles. The van der Waals surface area contributed by atoms with Crippen LogP contribution in [0.3, 0.4) is 0 Å². The van der Waals surface area contributed by atoms with Gasteiger partial charge in [0.25, 0.3) is 0 Å². The van der Waals surface area contributed by atoms with E-state index in [1.807, 2.05) is 20.8 Å². The molecule has 0 aromatic heterocycles. The minimum Gasteiger partial charge on any atom is -0.286 e. The molecule has 0 aromatic rings. The topological polar surface area (TPSA) is 44.8 Å². The maximum atomic E-state index is 13.3. The van der Waals surface area contributed by atoms with E-state index in [1.54, 1.807) is 0 Å². The highest BCUT2D eigenvalue weighted by Gasteiger charge is 2.37. The molecule has 0 aliphatic carbocycles. The first-order valence-corrected chi connectivity index (χ1v) is 16.1. The standard InChI is InChI=1S/C15H27Br6O4P/c1-13(4-16,5-17)10-23-26(22,24-11-14(2,6-18)7-19)25-12-15(3,8-20)9-21/h4-12H2,1-3H3. The van der Waals surface area contributed by atoms with Gasteiger partial charge < -0.3 is 0 Å². The Morgan fingerprint density at radius 1 is 0.577 bits per heavy atom. The molecule has 0 saturated carbocycles. The summed E-state index contributed by atoms with van der Waals surface area (Å²) in [5.41, 5.74) is -0.653. The molecule has 0 aliphatic heterocycles. The first-order valence-electron chi connectivity index (χ1n) is 7.88. The highest BCUT2D eigenvalue weighted by Crippen LogP contribution is 2.53. The van der Waals surface area contributed by atoms with Gasteiger partial charge in [-0.2, -0.15) is 0 Å². The fraction of sp³-hybridized carbons (Fsp3) is 1.00. The monoisotopic (exact) mass is 776 g/mol. The molecule has 158 valence electrons. The molecule has 0 amide bonds. The van der Waals surface area contributed by atoms with Gasteiger partial charge in [-0.1, -0.05) is 116 Å². The molecule has 0 spiro atoms. The molecule has 0 heterocycles. The zero-order chi connectivity index (χ0) is 20.5. The predicted octanol–water partition coefficient (Wildman–Crippen LogP) is 7.53. The second-order valence-electron chi connectivity index (χ2n) is 7.50. The van der Waals surface area contributed by atoms with E-state index < -0.39 is 7.82 Å². The Hall–Kier alpha value is 2.99. The fourth-order valence-electron chi connectivity index (χ4n) is 1.16. The van der Waals surface area contributed by atoms with Gasteiger partial charge >= 0.3 is 7.82 Å². The number of phosphoric ester groups is 1. The average molecular weight is 782 g/mol. The van der Waals surface area contributed by atoms with Crippen LogP contribution in [-0.4, -0.2) is 51.8 Å². The van der Waals surface area contributed by atoms with Crippen LogP contribution < -0.4 is 0 Å². The van der Waals surface area contributed by atoms with Crippen molar-refractivity contribution >= 4 is 103 Å². The van der Waals surface area contributed by atoms with Crippen molar-refractivity contribution in [3.63, 3.8) is 0 Å². The SMILES string of the molecule is CC(CBr)(CBr)COP(=O)(OCC(C)(CBr)CBr)OCC(C)(CBr)CBr. The normalized spacial score (nSPS) is 14.0. The second kappa shape index (κ2) is 13.4. The Labute approximate surface area is 208 Å². The number of rotatable bonds is 15. The quantitative estimate of drug-likeness (QED) is 0.127. The predicted molar refractivity (Wildman–Crippen MR) is 133 cm³/mol. The molecule has 4 nitrogen and oxygen atoms in total. The Morgan fingerprint density at radius 2 is 0.769 bits per heavy atom. The van der Waals surface area contributed by atoms with Crippen LogP contribution in [0.2, 0.25) is 0 Å². The third-order valence-corrected chi connectivity index (χ3v) is 13.1. The number of hydrogen-bond acceptors (Lipinski definition) is 4. The molecule has 0 saturated heterocycles. The lowest BCUT2D eigenvalue weighted by Crippen LogP contribution is -2.31. The maximum absolute atomic E-state index is 13.3. The van der Waals surface area contributed by atoms with Crippen molar-refractivity contribution in [2.24, 2.45) is 16.2 Å². The van der Waals surface area contributed by atoms with Crippen LogP contribution >= 0.6 is 103 Å². The van der Waals surface area contributed by atoms with Gasteiger partial charge in [0, 0.05) is 48.2 Å². The Morgan fingerprint density at radius 3 is 0.923 bits per heavy atom. The molecule has 0 bridgehead atoms. The van der Waals surface area contributed by atoms with E-state index in [0.717, 1.165) is 0 Å². The number of halogens is 6. The van der Waals surface area contributed by atoms with Gasteiger partial charge in [0.15, 0.2) is 0 Å². The first kappa shape index (κ1) is 29.0. The molecule has 0 radical (unpaired) electrons. The lowest BCUT2D eigenvalue weighted by molar-refractivity contribution is 0.0555. The van der Waals surface area contributed by atoms with Crippen molar-refractivity contribution in [2.45, 2.75) is 20.8 Å². The number of phosphoric acid groups is 1. The first-order chi connectivity index (χ1) is 12.0. The van der Waals surface area contributed by atoms with E-state index >= 15 is 0 Å². The Kier molecular flexibility index (Phi) is 15.0.